The first-order chi connectivity index (χ1) is 21.1. The molecule has 0 aromatic heterocycles. The average molecular weight is 608 g/mol. The number of aliphatic carboxylic acids is 1. The van der Waals surface area contributed by atoms with Crippen LogP contribution in [0.25, 0.3) is 0 Å². The van der Waals surface area contributed by atoms with Crippen molar-refractivity contribution < 1.29 is 24.3 Å². The molecule has 0 spiro atoms. The molecule has 44 heavy (non-hydrogen) atoms. The van der Waals surface area contributed by atoms with Crippen LogP contribution in [0.2, 0.25) is 5.02 Å². The fraction of sp³-hybridized carbons (Fsp3) is 0.171. The second-order valence-electron chi connectivity index (χ2n) is 10.7. The highest BCUT2D eigenvalue weighted by atomic mass is 35.5. The standard InChI is InChI=1S/C35H30ClN3O5/c1-22-10-9-15-28(36)30(22)32(41)37-29(33(42)43)20-24-16-18-27(19-17-24)39-31(26-13-7-4-8-14-26)38-35(23(2)40,34(39)44)21-25-11-5-3-6-12-25/h3-19,29H,20-21H2,1-2H3,(H,37,41)(H,42,43)/t29-,35-/m1/s1. The van der Waals surface area contributed by atoms with Crippen molar-refractivity contribution in [3.63, 3.8) is 0 Å². The van der Waals surface area contributed by atoms with Gasteiger partial charge in [-0.25, -0.2) is 9.79 Å². The molecule has 1 aliphatic rings. The number of aryl methyl sites for hydroxylation is 1. The molecular formula is C35H30ClN3O5. The lowest BCUT2D eigenvalue weighted by atomic mass is 9.87. The average Bonchev–Trinajstić information content (AvgIpc) is 3.30. The summed E-state index contributed by atoms with van der Waals surface area (Å²) in [6, 6.07) is 29.0. The smallest absolute Gasteiger partial charge is 0.326 e. The summed E-state index contributed by atoms with van der Waals surface area (Å²) in [6.07, 6.45) is 0.0988. The van der Waals surface area contributed by atoms with Gasteiger partial charge in [-0.15, -0.1) is 0 Å². The van der Waals surface area contributed by atoms with Crippen molar-refractivity contribution in [3.05, 3.63) is 136 Å². The number of benzene rings is 4. The molecule has 8 nitrogen and oxygen atoms in total. The molecule has 222 valence electrons. The number of rotatable bonds is 10. The third-order valence-electron chi connectivity index (χ3n) is 7.67. The van der Waals surface area contributed by atoms with Crippen molar-refractivity contribution in [3.8, 4) is 0 Å². The maximum absolute atomic E-state index is 14.2. The fourth-order valence-corrected chi connectivity index (χ4v) is 5.61. The number of aliphatic imine (C=N–C) groups is 1. The molecule has 0 aliphatic carbocycles. The highest BCUT2D eigenvalue weighted by molar-refractivity contribution is 6.35. The molecule has 2 N–H and O–H groups in total. The Balaban J connectivity index is 1.44. The summed E-state index contributed by atoms with van der Waals surface area (Å²) in [5, 5.41) is 12.7. The van der Waals surface area contributed by atoms with Gasteiger partial charge in [0.15, 0.2) is 5.78 Å². The lowest BCUT2D eigenvalue weighted by Crippen LogP contribution is -2.49. The minimum Gasteiger partial charge on any atom is -0.480 e. The van der Waals surface area contributed by atoms with Gasteiger partial charge in [0.1, 0.15) is 11.9 Å². The van der Waals surface area contributed by atoms with Crippen LogP contribution in [0.4, 0.5) is 5.69 Å². The Morgan fingerprint density at radius 3 is 2.11 bits per heavy atom. The molecule has 1 aliphatic heterocycles. The Hall–Kier alpha value is -5.08. The number of hydrogen-bond donors (Lipinski definition) is 2. The first-order valence-corrected chi connectivity index (χ1v) is 14.4. The number of carboxylic acids is 1. The number of amides is 2. The molecule has 9 heteroatoms. The summed E-state index contributed by atoms with van der Waals surface area (Å²) in [7, 11) is 0. The summed E-state index contributed by atoms with van der Waals surface area (Å²) >= 11 is 6.21. The maximum atomic E-state index is 14.2. The fourth-order valence-electron chi connectivity index (χ4n) is 5.31. The molecule has 0 unspecified atom stereocenters. The lowest BCUT2D eigenvalue weighted by molar-refractivity contribution is -0.139. The molecule has 2 amide bonds. The van der Waals surface area contributed by atoms with Gasteiger partial charge in [0.2, 0.25) is 5.54 Å². The normalized spacial score (nSPS) is 16.8. The van der Waals surface area contributed by atoms with Gasteiger partial charge in [0.05, 0.1) is 16.3 Å². The summed E-state index contributed by atoms with van der Waals surface area (Å²) in [5.74, 6) is -2.27. The van der Waals surface area contributed by atoms with Crippen LogP contribution in [-0.4, -0.2) is 46.1 Å². The summed E-state index contributed by atoms with van der Waals surface area (Å²) in [4.78, 5) is 58.6. The van der Waals surface area contributed by atoms with E-state index in [0.717, 1.165) is 5.56 Å². The van der Waals surface area contributed by atoms with Crippen molar-refractivity contribution in [2.75, 3.05) is 4.90 Å². The van der Waals surface area contributed by atoms with E-state index < -0.39 is 29.4 Å². The zero-order valence-corrected chi connectivity index (χ0v) is 24.9. The monoisotopic (exact) mass is 607 g/mol. The van der Waals surface area contributed by atoms with Crippen LogP contribution in [0, 0.1) is 6.92 Å². The number of carbonyl (C=O) groups is 4. The van der Waals surface area contributed by atoms with Gasteiger partial charge >= 0.3 is 5.97 Å². The number of ketones is 1. The topological polar surface area (TPSA) is 116 Å². The van der Waals surface area contributed by atoms with Crippen molar-refractivity contribution in [2.45, 2.75) is 38.3 Å². The molecule has 0 bridgehead atoms. The third kappa shape index (κ3) is 6.02. The minimum atomic E-state index is -1.64. The highest BCUT2D eigenvalue weighted by Gasteiger charge is 2.52. The van der Waals surface area contributed by atoms with Crippen molar-refractivity contribution in [1.82, 2.24) is 5.32 Å². The number of carbonyl (C=O) groups excluding carboxylic acids is 3. The number of anilines is 1. The third-order valence-corrected chi connectivity index (χ3v) is 7.98. The molecule has 0 saturated carbocycles. The van der Waals surface area contributed by atoms with Crippen LogP contribution < -0.4 is 10.2 Å². The van der Waals surface area contributed by atoms with Crippen LogP contribution in [0.5, 0.6) is 0 Å². The van der Waals surface area contributed by atoms with E-state index in [4.69, 9.17) is 16.6 Å². The van der Waals surface area contributed by atoms with Crippen molar-refractivity contribution in [1.29, 1.82) is 0 Å². The zero-order valence-electron chi connectivity index (χ0n) is 24.2. The van der Waals surface area contributed by atoms with Gasteiger partial charge in [-0.3, -0.25) is 19.3 Å². The molecule has 2 atom stereocenters. The molecule has 4 aromatic rings. The first kappa shape index (κ1) is 30.4. The first-order valence-electron chi connectivity index (χ1n) is 14.0. The number of hydrogen-bond acceptors (Lipinski definition) is 5. The van der Waals surface area contributed by atoms with E-state index in [0.29, 0.717) is 28.2 Å². The number of carboxylic acid groups (broad SMARTS) is 1. The lowest BCUT2D eigenvalue weighted by Gasteiger charge is -2.25. The Bertz CT molecular complexity index is 1740. The van der Waals surface area contributed by atoms with Crippen LogP contribution in [-0.2, 0) is 27.2 Å². The Morgan fingerprint density at radius 1 is 0.886 bits per heavy atom. The highest BCUT2D eigenvalue weighted by Crippen LogP contribution is 2.34. The number of amidine groups is 1. The van der Waals surface area contributed by atoms with Crippen LogP contribution in [0.15, 0.2) is 108 Å². The Kier molecular flexibility index (Phi) is 8.73. The number of Topliss-reactive ketones (excluding diaryl/α,β-unsaturated/α-hetero) is 1. The van der Waals surface area contributed by atoms with Gasteiger partial charge < -0.3 is 10.4 Å². The molecule has 0 fully saturated rings. The van der Waals surface area contributed by atoms with Gasteiger partial charge in [0, 0.05) is 18.4 Å². The van der Waals surface area contributed by atoms with E-state index in [-0.39, 0.29) is 29.2 Å². The zero-order chi connectivity index (χ0) is 31.4. The van der Waals surface area contributed by atoms with Crippen molar-refractivity contribution >= 4 is 46.7 Å². The number of nitrogens with one attached hydrogen (secondary N) is 1. The van der Waals surface area contributed by atoms with Crippen LogP contribution >= 0.6 is 11.6 Å². The SMILES string of the molecule is CC(=O)[C@@]1(Cc2ccccc2)N=C(c2ccccc2)N(c2ccc(C[C@@H](NC(=O)c3c(C)cccc3Cl)C(=O)O)cc2)C1=O. The molecule has 4 aromatic carbocycles. The van der Waals surface area contributed by atoms with Gasteiger partial charge in [0.25, 0.3) is 11.8 Å². The molecule has 1 heterocycles. The van der Waals surface area contributed by atoms with Crippen LogP contribution in [0.1, 0.15) is 39.5 Å². The van der Waals surface area contributed by atoms with Crippen LogP contribution in [0.3, 0.4) is 0 Å². The minimum absolute atomic E-state index is 0.0101. The number of halogens is 1. The molecular weight excluding hydrogens is 578 g/mol. The Labute approximate surface area is 260 Å². The van der Waals surface area contributed by atoms with E-state index in [1.807, 2.05) is 60.7 Å². The van der Waals surface area contributed by atoms with Gasteiger partial charge in [-0.1, -0.05) is 96.5 Å². The molecule has 0 saturated heterocycles. The number of nitrogens with zero attached hydrogens (tertiary/aromatic N) is 2. The predicted octanol–water partition coefficient (Wildman–Crippen LogP) is 5.44. The summed E-state index contributed by atoms with van der Waals surface area (Å²) in [6.45, 7) is 3.10. The second-order valence-corrected chi connectivity index (χ2v) is 11.1. The molecule has 0 radical (unpaired) electrons. The van der Waals surface area contributed by atoms with Gasteiger partial charge in [-0.05, 0) is 48.7 Å². The molecule has 5 rings (SSSR count). The summed E-state index contributed by atoms with van der Waals surface area (Å²) in [5.41, 5.74) is 1.78. The van der Waals surface area contributed by atoms with E-state index in [9.17, 15) is 24.3 Å². The quantitative estimate of drug-likeness (QED) is 0.233. The Morgan fingerprint density at radius 2 is 1.52 bits per heavy atom. The van der Waals surface area contributed by atoms with E-state index in [1.165, 1.54) is 11.8 Å². The van der Waals surface area contributed by atoms with E-state index >= 15 is 0 Å². The predicted molar refractivity (Wildman–Crippen MR) is 169 cm³/mol. The van der Waals surface area contributed by atoms with Gasteiger partial charge in [-0.2, -0.15) is 0 Å². The van der Waals surface area contributed by atoms with Crippen molar-refractivity contribution in [2.24, 2.45) is 4.99 Å². The summed E-state index contributed by atoms with van der Waals surface area (Å²) < 4.78 is 0. The largest absolute Gasteiger partial charge is 0.480 e. The van der Waals surface area contributed by atoms with E-state index in [1.54, 1.807) is 49.4 Å². The maximum Gasteiger partial charge on any atom is 0.326 e. The second kappa shape index (κ2) is 12.7. The van der Waals surface area contributed by atoms with E-state index in [2.05, 4.69) is 5.32 Å².